The predicted octanol–water partition coefficient (Wildman–Crippen LogP) is 1.84. The van der Waals surface area contributed by atoms with Gasteiger partial charge in [0.25, 0.3) is 0 Å². The zero-order chi connectivity index (χ0) is 11.5. The van der Waals surface area contributed by atoms with Crippen LogP contribution in [0.25, 0.3) is 0 Å². The van der Waals surface area contributed by atoms with Gasteiger partial charge in [0.15, 0.2) is 0 Å². The number of ether oxygens (including phenoxy) is 3. The average molecular weight is 245 g/mol. The summed E-state index contributed by atoms with van der Waals surface area (Å²) in [6.45, 7) is 4.06. The van der Waals surface area contributed by atoms with E-state index in [1.165, 1.54) is 0 Å². The van der Waals surface area contributed by atoms with E-state index in [4.69, 9.17) is 14.2 Å². The van der Waals surface area contributed by atoms with Crippen LogP contribution in [0.2, 0.25) is 0 Å². The van der Waals surface area contributed by atoms with Crippen molar-refractivity contribution in [2.75, 3.05) is 52.0 Å². The van der Waals surface area contributed by atoms with E-state index in [2.05, 4.69) is 16.8 Å². The Bertz CT molecular complexity index is 241. The van der Waals surface area contributed by atoms with Gasteiger partial charge in [0.05, 0.1) is 33.0 Å². The summed E-state index contributed by atoms with van der Waals surface area (Å²) in [5.74, 6) is 0. The number of hydrogen-bond acceptors (Lipinski definition) is 5. The normalized spacial score (nSPS) is 10.6. The Morgan fingerprint density at radius 3 is 2.56 bits per heavy atom. The third-order valence-electron chi connectivity index (χ3n) is 1.90. The van der Waals surface area contributed by atoms with Crippen LogP contribution in [0.4, 0.5) is 5.69 Å². The first-order chi connectivity index (χ1) is 7.93. The lowest BCUT2D eigenvalue weighted by Crippen LogP contribution is -2.13. The van der Waals surface area contributed by atoms with Crippen LogP contribution in [-0.4, -0.2) is 46.7 Å². The van der Waals surface area contributed by atoms with Crippen molar-refractivity contribution in [1.29, 1.82) is 0 Å². The van der Waals surface area contributed by atoms with Crippen molar-refractivity contribution in [1.82, 2.24) is 0 Å². The molecule has 0 spiro atoms. The lowest BCUT2D eigenvalue weighted by Gasteiger charge is -2.06. The summed E-state index contributed by atoms with van der Waals surface area (Å²) in [6, 6.07) is 2.05. The summed E-state index contributed by atoms with van der Waals surface area (Å²) in [7, 11) is 1.66. The fourth-order valence-corrected chi connectivity index (χ4v) is 1.71. The largest absolute Gasteiger partial charge is 0.382 e. The zero-order valence-corrected chi connectivity index (χ0v) is 10.4. The monoisotopic (exact) mass is 245 g/mol. The topological polar surface area (TPSA) is 39.7 Å². The van der Waals surface area contributed by atoms with Crippen molar-refractivity contribution in [2.24, 2.45) is 0 Å². The summed E-state index contributed by atoms with van der Waals surface area (Å²) in [6.07, 6.45) is 0. The van der Waals surface area contributed by atoms with Gasteiger partial charge in [0.2, 0.25) is 0 Å². The molecule has 1 heterocycles. The van der Waals surface area contributed by atoms with Crippen LogP contribution in [0.15, 0.2) is 16.8 Å². The molecular weight excluding hydrogens is 226 g/mol. The van der Waals surface area contributed by atoms with Gasteiger partial charge >= 0.3 is 0 Å². The van der Waals surface area contributed by atoms with Crippen LogP contribution in [0.3, 0.4) is 0 Å². The highest BCUT2D eigenvalue weighted by Gasteiger charge is 1.92. The second-order valence-electron chi connectivity index (χ2n) is 3.16. The van der Waals surface area contributed by atoms with Gasteiger partial charge in [-0.3, -0.25) is 0 Å². The number of methoxy groups -OCH3 is 1. The molecule has 92 valence electrons. The first-order valence-corrected chi connectivity index (χ1v) is 6.28. The molecule has 0 saturated carbocycles. The lowest BCUT2D eigenvalue weighted by atomic mass is 10.5. The smallest absolute Gasteiger partial charge is 0.0701 e. The molecule has 0 unspecified atom stereocenters. The summed E-state index contributed by atoms with van der Waals surface area (Å²) < 4.78 is 15.5. The second-order valence-corrected chi connectivity index (χ2v) is 3.94. The maximum absolute atomic E-state index is 5.39. The highest BCUT2D eigenvalue weighted by Crippen LogP contribution is 2.10. The molecular formula is C11H19NO3S. The molecule has 0 aliphatic carbocycles. The van der Waals surface area contributed by atoms with Crippen LogP contribution in [0.5, 0.6) is 0 Å². The average Bonchev–Trinajstić information content (AvgIpc) is 2.80. The maximum atomic E-state index is 5.39. The van der Waals surface area contributed by atoms with Crippen molar-refractivity contribution in [2.45, 2.75) is 0 Å². The van der Waals surface area contributed by atoms with E-state index in [0.29, 0.717) is 33.0 Å². The van der Waals surface area contributed by atoms with Crippen molar-refractivity contribution >= 4 is 17.0 Å². The maximum Gasteiger partial charge on any atom is 0.0701 e. The summed E-state index contributed by atoms with van der Waals surface area (Å²) >= 11 is 1.68. The Hall–Kier alpha value is -0.620. The van der Waals surface area contributed by atoms with Gasteiger partial charge in [-0.15, -0.1) is 0 Å². The van der Waals surface area contributed by atoms with E-state index in [1.54, 1.807) is 18.4 Å². The fourth-order valence-electron chi connectivity index (χ4n) is 1.10. The van der Waals surface area contributed by atoms with Crippen LogP contribution >= 0.6 is 11.3 Å². The number of thiophene rings is 1. The van der Waals surface area contributed by atoms with E-state index in [9.17, 15) is 0 Å². The van der Waals surface area contributed by atoms with Crippen molar-refractivity contribution in [3.63, 3.8) is 0 Å². The molecule has 0 aliphatic rings. The van der Waals surface area contributed by atoms with Crippen molar-refractivity contribution in [3.05, 3.63) is 16.8 Å². The molecule has 1 N–H and O–H groups in total. The molecule has 0 fully saturated rings. The first-order valence-electron chi connectivity index (χ1n) is 5.34. The lowest BCUT2D eigenvalue weighted by molar-refractivity contribution is 0.0272. The number of hydrogen-bond donors (Lipinski definition) is 1. The van der Waals surface area contributed by atoms with Crippen LogP contribution in [-0.2, 0) is 14.2 Å². The predicted molar refractivity (Wildman–Crippen MR) is 66.3 cm³/mol. The van der Waals surface area contributed by atoms with E-state index in [0.717, 1.165) is 12.2 Å². The third kappa shape index (κ3) is 6.79. The van der Waals surface area contributed by atoms with E-state index < -0.39 is 0 Å². The molecule has 1 aromatic heterocycles. The van der Waals surface area contributed by atoms with Crippen LogP contribution in [0.1, 0.15) is 0 Å². The Kier molecular flexibility index (Phi) is 8.06. The molecule has 5 heteroatoms. The quantitative estimate of drug-likeness (QED) is 0.639. The minimum absolute atomic E-state index is 0.627. The van der Waals surface area contributed by atoms with Gasteiger partial charge in [-0.05, 0) is 11.4 Å². The molecule has 4 nitrogen and oxygen atoms in total. The molecule has 0 amide bonds. The SMILES string of the molecule is COCCOCCOCCNc1ccsc1. The van der Waals surface area contributed by atoms with Crippen molar-refractivity contribution in [3.8, 4) is 0 Å². The van der Waals surface area contributed by atoms with Gasteiger partial charge in [0.1, 0.15) is 0 Å². The van der Waals surface area contributed by atoms with E-state index in [1.807, 2.05) is 5.38 Å². The van der Waals surface area contributed by atoms with Gasteiger partial charge in [-0.25, -0.2) is 0 Å². The standard InChI is InChI=1S/C11H19NO3S/c1-13-5-6-15-8-7-14-4-3-12-11-2-9-16-10-11/h2,9-10,12H,3-8H2,1H3. The van der Waals surface area contributed by atoms with Crippen molar-refractivity contribution < 1.29 is 14.2 Å². The summed E-state index contributed by atoms with van der Waals surface area (Å²) in [5.41, 5.74) is 1.16. The Morgan fingerprint density at radius 2 is 1.88 bits per heavy atom. The molecule has 0 aliphatic heterocycles. The second kappa shape index (κ2) is 9.59. The number of rotatable bonds is 10. The third-order valence-corrected chi connectivity index (χ3v) is 2.58. The highest BCUT2D eigenvalue weighted by atomic mass is 32.1. The first kappa shape index (κ1) is 13.4. The molecule has 0 atom stereocenters. The summed E-state index contributed by atoms with van der Waals surface area (Å²) in [5, 5.41) is 7.39. The molecule has 0 aromatic carbocycles. The van der Waals surface area contributed by atoms with E-state index in [-0.39, 0.29) is 0 Å². The van der Waals surface area contributed by atoms with Crippen LogP contribution < -0.4 is 5.32 Å². The Morgan fingerprint density at radius 1 is 1.12 bits per heavy atom. The molecule has 1 rings (SSSR count). The minimum atomic E-state index is 0.627. The van der Waals surface area contributed by atoms with Crippen LogP contribution in [0, 0.1) is 0 Å². The molecule has 0 bridgehead atoms. The zero-order valence-electron chi connectivity index (χ0n) is 9.61. The fraction of sp³-hybridized carbons (Fsp3) is 0.636. The summed E-state index contributed by atoms with van der Waals surface area (Å²) in [4.78, 5) is 0. The molecule has 0 radical (unpaired) electrons. The molecule has 16 heavy (non-hydrogen) atoms. The Balaban J connectivity index is 1.78. The van der Waals surface area contributed by atoms with Gasteiger partial charge < -0.3 is 19.5 Å². The minimum Gasteiger partial charge on any atom is -0.382 e. The van der Waals surface area contributed by atoms with Gasteiger partial charge in [0, 0.05) is 24.7 Å². The Labute approximate surface area is 101 Å². The molecule has 1 aromatic rings. The molecule has 0 saturated heterocycles. The highest BCUT2D eigenvalue weighted by molar-refractivity contribution is 7.08. The number of anilines is 1. The number of nitrogens with one attached hydrogen (secondary N) is 1. The van der Waals surface area contributed by atoms with Gasteiger partial charge in [-0.2, -0.15) is 11.3 Å². The van der Waals surface area contributed by atoms with Gasteiger partial charge in [-0.1, -0.05) is 0 Å². The van der Waals surface area contributed by atoms with E-state index >= 15 is 0 Å².